The van der Waals surface area contributed by atoms with Crippen LogP contribution in [-0.2, 0) is 16.0 Å². The minimum Gasteiger partial charge on any atom is -0.353 e. The van der Waals surface area contributed by atoms with E-state index >= 15 is 0 Å². The Morgan fingerprint density at radius 2 is 2.12 bits per heavy atom. The van der Waals surface area contributed by atoms with Crippen molar-refractivity contribution >= 4 is 0 Å². The van der Waals surface area contributed by atoms with Gasteiger partial charge in [0.1, 0.15) is 0 Å². The average molecular weight is 244 g/mol. The molecule has 0 radical (unpaired) electrons. The van der Waals surface area contributed by atoms with E-state index < -0.39 is 17.1 Å². The van der Waals surface area contributed by atoms with Crippen LogP contribution >= 0.6 is 0 Å². The summed E-state index contributed by atoms with van der Waals surface area (Å²) in [4.78, 5) is 24.0. The summed E-state index contributed by atoms with van der Waals surface area (Å²) in [5.74, 6) is -0.977. The quantitative estimate of drug-likeness (QED) is 0.801. The Labute approximate surface area is 96.0 Å². The Balaban J connectivity index is 2.01. The van der Waals surface area contributed by atoms with Gasteiger partial charge in [-0.3, -0.25) is 14.3 Å². The molecule has 1 aliphatic heterocycles. The van der Waals surface area contributed by atoms with Gasteiger partial charge in [-0.2, -0.15) is 4.39 Å². The van der Waals surface area contributed by atoms with Crippen molar-refractivity contribution in [2.45, 2.75) is 25.7 Å². The molecule has 0 aromatic carbocycles. The lowest BCUT2D eigenvalue weighted by atomic mass is 10.3. The van der Waals surface area contributed by atoms with Crippen molar-refractivity contribution in [2.24, 2.45) is 0 Å². The Morgan fingerprint density at radius 1 is 1.41 bits per heavy atom. The second-order valence-electron chi connectivity index (χ2n) is 3.74. The van der Waals surface area contributed by atoms with Crippen LogP contribution in [0.5, 0.6) is 0 Å². The Hall–Kier alpha value is -1.47. The highest BCUT2D eigenvalue weighted by atomic mass is 19.1. The second kappa shape index (κ2) is 5.24. The van der Waals surface area contributed by atoms with E-state index in [2.05, 4.69) is 0 Å². The maximum Gasteiger partial charge on any atom is 0.328 e. The van der Waals surface area contributed by atoms with E-state index in [4.69, 9.17) is 9.47 Å². The van der Waals surface area contributed by atoms with Gasteiger partial charge in [0.05, 0.1) is 19.4 Å². The highest BCUT2D eigenvalue weighted by molar-refractivity contribution is 4.87. The minimum absolute atomic E-state index is 0.233. The van der Waals surface area contributed by atoms with Crippen LogP contribution in [0.2, 0.25) is 0 Å². The smallest absolute Gasteiger partial charge is 0.328 e. The Bertz CT molecular complexity index is 490. The number of nitrogens with one attached hydrogen (secondary N) is 1. The number of aromatic amines is 1. The monoisotopic (exact) mass is 244 g/mol. The van der Waals surface area contributed by atoms with E-state index in [0.717, 1.165) is 17.2 Å². The molecule has 1 aromatic heterocycles. The molecule has 0 spiro atoms. The lowest BCUT2D eigenvalue weighted by molar-refractivity contribution is -0.182. The number of hydrogen-bond donors (Lipinski definition) is 1. The number of H-pyrrole nitrogens is 1. The highest BCUT2D eigenvalue weighted by Gasteiger charge is 2.14. The fourth-order valence-electron chi connectivity index (χ4n) is 1.60. The average Bonchev–Trinajstić information content (AvgIpc) is 2.33. The topological polar surface area (TPSA) is 73.3 Å². The SMILES string of the molecule is O=c1[nH]c(=O)n(CCC2OCCCO2)cc1F. The zero-order chi connectivity index (χ0) is 12.3. The molecule has 1 saturated heterocycles. The Kier molecular flexibility index (Phi) is 3.70. The standard InChI is InChI=1S/C10H13FN2O4/c11-7-6-13(10(15)12-9(7)14)3-2-8-16-4-1-5-17-8/h6,8H,1-5H2,(H,12,14,15). The number of halogens is 1. The highest BCUT2D eigenvalue weighted by Crippen LogP contribution is 2.08. The summed E-state index contributed by atoms with van der Waals surface area (Å²) in [5, 5.41) is 0. The molecule has 2 rings (SSSR count). The molecule has 0 bridgehead atoms. The molecule has 0 amide bonds. The summed E-state index contributed by atoms with van der Waals surface area (Å²) in [7, 11) is 0. The van der Waals surface area contributed by atoms with E-state index in [-0.39, 0.29) is 12.8 Å². The summed E-state index contributed by atoms with van der Waals surface area (Å²) in [6.07, 6.45) is 1.81. The first-order valence-electron chi connectivity index (χ1n) is 5.39. The van der Waals surface area contributed by atoms with Gasteiger partial charge in [-0.15, -0.1) is 0 Å². The van der Waals surface area contributed by atoms with Crippen molar-refractivity contribution in [2.75, 3.05) is 13.2 Å². The third kappa shape index (κ3) is 3.01. The molecule has 17 heavy (non-hydrogen) atoms. The molecule has 6 nitrogen and oxygen atoms in total. The van der Waals surface area contributed by atoms with E-state index in [1.807, 2.05) is 4.98 Å². The van der Waals surface area contributed by atoms with Crippen LogP contribution < -0.4 is 11.2 Å². The first kappa shape index (κ1) is 12.0. The third-order valence-electron chi connectivity index (χ3n) is 2.47. The third-order valence-corrected chi connectivity index (χ3v) is 2.47. The normalized spacial score (nSPS) is 17.2. The van der Waals surface area contributed by atoms with E-state index in [9.17, 15) is 14.0 Å². The molecule has 1 N–H and O–H groups in total. The van der Waals surface area contributed by atoms with Gasteiger partial charge in [0.15, 0.2) is 6.29 Å². The van der Waals surface area contributed by atoms with Gasteiger partial charge in [0, 0.05) is 13.0 Å². The van der Waals surface area contributed by atoms with Crippen molar-refractivity contribution in [3.63, 3.8) is 0 Å². The van der Waals surface area contributed by atoms with Gasteiger partial charge in [0.25, 0.3) is 5.56 Å². The number of rotatable bonds is 3. The maximum atomic E-state index is 13.0. The minimum atomic E-state index is -1.00. The number of aromatic nitrogens is 2. The predicted octanol–water partition coefficient (Wildman–Crippen LogP) is -0.171. The second-order valence-corrected chi connectivity index (χ2v) is 3.74. The van der Waals surface area contributed by atoms with Crippen LogP contribution in [0.1, 0.15) is 12.8 Å². The number of ether oxygens (including phenoxy) is 2. The molecular formula is C10H13FN2O4. The van der Waals surface area contributed by atoms with Gasteiger partial charge in [-0.25, -0.2) is 4.79 Å². The number of aryl methyl sites for hydroxylation is 1. The molecule has 0 unspecified atom stereocenters. The lowest BCUT2D eigenvalue weighted by Gasteiger charge is -2.23. The zero-order valence-corrected chi connectivity index (χ0v) is 9.15. The van der Waals surface area contributed by atoms with Gasteiger partial charge < -0.3 is 9.47 Å². The maximum absolute atomic E-state index is 13.0. The van der Waals surface area contributed by atoms with Crippen molar-refractivity contribution in [3.05, 3.63) is 32.9 Å². The molecule has 1 fully saturated rings. The van der Waals surface area contributed by atoms with E-state index in [1.165, 1.54) is 0 Å². The van der Waals surface area contributed by atoms with Crippen molar-refractivity contribution in [1.29, 1.82) is 0 Å². The van der Waals surface area contributed by atoms with Crippen LogP contribution in [0.25, 0.3) is 0 Å². The van der Waals surface area contributed by atoms with Gasteiger partial charge >= 0.3 is 5.69 Å². The molecule has 94 valence electrons. The molecule has 1 aliphatic rings. The summed E-state index contributed by atoms with van der Waals surface area (Å²) in [6, 6.07) is 0. The Morgan fingerprint density at radius 3 is 2.82 bits per heavy atom. The van der Waals surface area contributed by atoms with Gasteiger partial charge in [0.2, 0.25) is 5.82 Å². The summed E-state index contributed by atoms with van der Waals surface area (Å²) >= 11 is 0. The van der Waals surface area contributed by atoms with Crippen LogP contribution in [0.3, 0.4) is 0 Å². The molecule has 0 aliphatic carbocycles. The summed E-state index contributed by atoms with van der Waals surface area (Å²) < 4.78 is 24.6. The van der Waals surface area contributed by atoms with Crippen LogP contribution in [0, 0.1) is 5.82 Å². The predicted molar refractivity (Wildman–Crippen MR) is 56.2 cm³/mol. The van der Waals surface area contributed by atoms with E-state index in [1.54, 1.807) is 0 Å². The number of nitrogens with zero attached hydrogens (tertiary/aromatic N) is 1. The first-order valence-corrected chi connectivity index (χ1v) is 5.39. The molecule has 0 atom stereocenters. The molecular weight excluding hydrogens is 231 g/mol. The molecule has 7 heteroatoms. The van der Waals surface area contributed by atoms with Crippen molar-refractivity contribution in [1.82, 2.24) is 9.55 Å². The van der Waals surface area contributed by atoms with Crippen molar-refractivity contribution < 1.29 is 13.9 Å². The van der Waals surface area contributed by atoms with E-state index in [0.29, 0.717) is 19.6 Å². The largest absolute Gasteiger partial charge is 0.353 e. The van der Waals surface area contributed by atoms with Gasteiger partial charge in [-0.05, 0) is 6.42 Å². The van der Waals surface area contributed by atoms with Crippen LogP contribution in [0.15, 0.2) is 15.8 Å². The first-order chi connectivity index (χ1) is 8.16. The summed E-state index contributed by atoms with van der Waals surface area (Å²) in [6.45, 7) is 1.48. The van der Waals surface area contributed by atoms with Crippen molar-refractivity contribution in [3.8, 4) is 0 Å². The molecule has 2 heterocycles. The summed E-state index contributed by atoms with van der Waals surface area (Å²) in [5.41, 5.74) is -1.64. The van der Waals surface area contributed by atoms with Crippen LogP contribution in [0.4, 0.5) is 4.39 Å². The fraction of sp³-hybridized carbons (Fsp3) is 0.600. The fourth-order valence-corrected chi connectivity index (χ4v) is 1.60. The molecule has 1 aromatic rings. The van der Waals surface area contributed by atoms with Crippen LogP contribution in [-0.4, -0.2) is 29.1 Å². The van der Waals surface area contributed by atoms with Gasteiger partial charge in [-0.1, -0.05) is 0 Å². The number of hydrogen-bond acceptors (Lipinski definition) is 4. The zero-order valence-electron chi connectivity index (χ0n) is 9.15. The molecule has 0 saturated carbocycles. The lowest BCUT2D eigenvalue weighted by Crippen LogP contribution is -2.33.